The fraction of sp³-hybridized carbons (Fsp3) is 0.500. The minimum atomic E-state index is -0.843. The second kappa shape index (κ2) is 14.3. The van der Waals surface area contributed by atoms with Gasteiger partial charge in [0.1, 0.15) is 12.1 Å². The third-order valence-corrected chi connectivity index (χ3v) is 7.60. The molecule has 0 saturated carbocycles. The van der Waals surface area contributed by atoms with E-state index in [-0.39, 0.29) is 28.9 Å². The minimum absolute atomic E-state index is 0.184. The molecule has 0 heterocycles. The summed E-state index contributed by atoms with van der Waals surface area (Å²) in [6, 6.07) is 4.64. The molecule has 0 saturated heterocycles. The van der Waals surface area contributed by atoms with Crippen molar-refractivity contribution in [2.45, 2.75) is 65.6 Å². The minimum Gasteiger partial charge on any atom is -0.493 e. The predicted molar refractivity (Wildman–Crippen MR) is 164 cm³/mol. The summed E-state index contributed by atoms with van der Waals surface area (Å²) in [4.78, 5) is 51.6. The molecule has 0 bridgehead atoms. The number of rotatable bonds is 11. The number of carbonyl (C=O) groups excluding carboxylic acids is 3. The van der Waals surface area contributed by atoms with Crippen LogP contribution < -0.4 is 35.6 Å². The standard InChI is InChI=1S/C32H43N3O8/c1-16(2)27(31(38)35-28(17(3)4)32(39)43-9)34-23-13-11-20-21(15-24(23)37)22(33-18(5)36)12-10-19-14-25(40-6)29(41-7)30(42-8)26(19)20/h11,13-17,22,27-28H,10,12H2,1-9H3,(H,33,36)(H,34,37)(H,35,38). The van der Waals surface area contributed by atoms with Crippen molar-refractivity contribution < 1.29 is 33.3 Å². The van der Waals surface area contributed by atoms with Crippen molar-refractivity contribution in [3.05, 3.63) is 45.6 Å². The van der Waals surface area contributed by atoms with E-state index in [4.69, 9.17) is 18.9 Å². The van der Waals surface area contributed by atoms with Gasteiger partial charge in [0.15, 0.2) is 11.5 Å². The maximum Gasteiger partial charge on any atom is 0.328 e. The number of benzene rings is 1. The van der Waals surface area contributed by atoms with Gasteiger partial charge in [-0.15, -0.1) is 0 Å². The van der Waals surface area contributed by atoms with E-state index in [1.807, 2.05) is 33.8 Å². The molecule has 0 aliphatic heterocycles. The van der Waals surface area contributed by atoms with Crippen LogP contribution in [0.4, 0.5) is 5.69 Å². The van der Waals surface area contributed by atoms with E-state index in [0.717, 1.165) is 11.1 Å². The predicted octanol–water partition coefficient (Wildman–Crippen LogP) is 3.61. The van der Waals surface area contributed by atoms with Crippen LogP contribution in [0.15, 0.2) is 29.1 Å². The molecule has 0 fully saturated rings. The lowest BCUT2D eigenvalue weighted by atomic mass is 9.95. The van der Waals surface area contributed by atoms with Gasteiger partial charge in [-0.05, 0) is 59.6 Å². The molecule has 11 heteroatoms. The van der Waals surface area contributed by atoms with E-state index in [1.54, 1.807) is 19.2 Å². The first-order valence-electron chi connectivity index (χ1n) is 14.3. The highest BCUT2D eigenvalue weighted by Gasteiger charge is 2.32. The van der Waals surface area contributed by atoms with Crippen molar-refractivity contribution in [3.63, 3.8) is 0 Å². The smallest absolute Gasteiger partial charge is 0.328 e. The number of carbonyl (C=O) groups is 3. The van der Waals surface area contributed by atoms with Crippen molar-refractivity contribution in [2.75, 3.05) is 33.8 Å². The Labute approximate surface area is 252 Å². The first kappa shape index (κ1) is 33.2. The Morgan fingerprint density at radius 1 is 0.884 bits per heavy atom. The van der Waals surface area contributed by atoms with Gasteiger partial charge in [-0.2, -0.15) is 0 Å². The summed E-state index contributed by atoms with van der Waals surface area (Å²) in [6.45, 7) is 8.73. The number of esters is 1. The van der Waals surface area contributed by atoms with Crippen LogP contribution >= 0.6 is 0 Å². The summed E-state index contributed by atoms with van der Waals surface area (Å²) in [7, 11) is 5.88. The Morgan fingerprint density at radius 3 is 2.07 bits per heavy atom. The molecule has 11 nitrogen and oxygen atoms in total. The Kier molecular flexibility index (Phi) is 11.0. The summed E-state index contributed by atoms with van der Waals surface area (Å²) < 4.78 is 21.9. The summed E-state index contributed by atoms with van der Waals surface area (Å²) in [6.07, 6.45) is 1.09. The molecule has 2 aromatic carbocycles. The molecule has 3 rings (SSSR count). The van der Waals surface area contributed by atoms with Crippen molar-refractivity contribution in [1.82, 2.24) is 10.6 Å². The van der Waals surface area contributed by atoms with E-state index in [9.17, 15) is 19.2 Å². The maximum atomic E-state index is 13.7. The van der Waals surface area contributed by atoms with Crippen LogP contribution in [0.5, 0.6) is 17.2 Å². The number of anilines is 1. The molecular weight excluding hydrogens is 554 g/mol. The Morgan fingerprint density at radius 2 is 1.53 bits per heavy atom. The molecule has 2 amide bonds. The van der Waals surface area contributed by atoms with Gasteiger partial charge in [-0.25, -0.2) is 4.79 Å². The van der Waals surface area contributed by atoms with Crippen LogP contribution in [-0.2, 0) is 25.5 Å². The zero-order valence-electron chi connectivity index (χ0n) is 26.4. The summed E-state index contributed by atoms with van der Waals surface area (Å²) in [5.74, 6) is -0.317. The van der Waals surface area contributed by atoms with Crippen LogP contribution in [0.2, 0.25) is 0 Å². The summed E-state index contributed by atoms with van der Waals surface area (Å²) in [5, 5.41) is 8.87. The quantitative estimate of drug-likeness (QED) is 0.331. The third kappa shape index (κ3) is 7.21. The van der Waals surface area contributed by atoms with E-state index in [0.29, 0.717) is 41.2 Å². The highest BCUT2D eigenvalue weighted by molar-refractivity contribution is 5.90. The van der Waals surface area contributed by atoms with E-state index in [1.165, 1.54) is 34.3 Å². The highest BCUT2D eigenvalue weighted by Crippen LogP contribution is 2.50. The van der Waals surface area contributed by atoms with E-state index >= 15 is 0 Å². The topological polar surface area (TPSA) is 141 Å². The van der Waals surface area contributed by atoms with Crippen LogP contribution in [0.25, 0.3) is 11.1 Å². The lowest BCUT2D eigenvalue weighted by Crippen LogP contribution is -2.52. The molecule has 2 aromatic rings. The lowest BCUT2D eigenvalue weighted by Gasteiger charge is -2.26. The van der Waals surface area contributed by atoms with Gasteiger partial charge >= 0.3 is 5.97 Å². The zero-order valence-corrected chi connectivity index (χ0v) is 26.4. The SMILES string of the molecule is COC(=O)C(NC(=O)C(Nc1ccc2c(cc1=O)C(NC(C)=O)CCc1cc(OC)c(OC)c(OC)c1-2)C(C)C)C(C)C. The van der Waals surface area contributed by atoms with Crippen molar-refractivity contribution in [3.8, 4) is 28.4 Å². The normalized spacial score (nSPS) is 15.3. The molecule has 43 heavy (non-hydrogen) atoms. The Balaban J connectivity index is 2.20. The zero-order chi connectivity index (χ0) is 32.0. The molecule has 0 aromatic heterocycles. The average Bonchev–Trinajstić information content (AvgIpc) is 3.20. The van der Waals surface area contributed by atoms with Crippen LogP contribution in [0.1, 0.15) is 58.2 Å². The van der Waals surface area contributed by atoms with Crippen LogP contribution in [0, 0.1) is 11.8 Å². The largest absolute Gasteiger partial charge is 0.493 e. The fourth-order valence-corrected chi connectivity index (χ4v) is 5.40. The van der Waals surface area contributed by atoms with Gasteiger partial charge in [-0.3, -0.25) is 14.4 Å². The van der Waals surface area contributed by atoms with Gasteiger partial charge in [0, 0.05) is 12.5 Å². The fourth-order valence-electron chi connectivity index (χ4n) is 5.40. The van der Waals surface area contributed by atoms with Crippen LogP contribution in [0.3, 0.4) is 0 Å². The molecule has 3 N–H and O–H groups in total. The van der Waals surface area contributed by atoms with Gasteiger partial charge < -0.3 is 34.9 Å². The second-order valence-corrected chi connectivity index (χ2v) is 11.2. The monoisotopic (exact) mass is 597 g/mol. The number of aryl methyl sites for hydroxylation is 1. The third-order valence-electron chi connectivity index (χ3n) is 7.60. The van der Waals surface area contributed by atoms with Gasteiger partial charge in [-0.1, -0.05) is 33.8 Å². The van der Waals surface area contributed by atoms with Gasteiger partial charge in [0.25, 0.3) is 0 Å². The van der Waals surface area contributed by atoms with E-state index < -0.39 is 30.0 Å². The second-order valence-electron chi connectivity index (χ2n) is 11.2. The number of ether oxygens (including phenoxy) is 4. The molecule has 0 radical (unpaired) electrons. The Bertz CT molecular complexity index is 1420. The molecule has 3 unspecified atom stereocenters. The van der Waals surface area contributed by atoms with Crippen molar-refractivity contribution in [1.29, 1.82) is 0 Å². The first-order valence-corrected chi connectivity index (χ1v) is 14.3. The summed E-state index contributed by atoms with van der Waals surface area (Å²) in [5.41, 5.74) is 2.72. The van der Waals surface area contributed by atoms with Crippen molar-refractivity contribution >= 4 is 23.5 Å². The number of amides is 2. The van der Waals surface area contributed by atoms with E-state index in [2.05, 4.69) is 16.0 Å². The molecule has 234 valence electrons. The number of hydrogen-bond acceptors (Lipinski definition) is 9. The van der Waals surface area contributed by atoms with Crippen molar-refractivity contribution in [2.24, 2.45) is 11.8 Å². The summed E-state index contributed by atoms with van der Waals surface area (Å²) >= 11 is 0. The first-order chi connectivity index (χ1) is 20.4. The molecule has 1 aliphatic rings. The number of hydrogen-bond donors (Lipinski definition) is 3. The lowest BCUT2D eigenvalue weighted by molar-refractivity contribution is -0.146. The average molecular weight is 598 g/mol. The molecule has 3 atom stereocenters. The number of nitrogens with one attached hydrogen (secondary N) is 3. The Hall–Kier alpha value is -4.28. The molecule has 1 aliphatic carbocycles. The van der Waals surface area contributed by atoms with Gasteiger partial charge in [0.05, 0.1) is 40.2 Å². The maximum absolute atomic E-state index is 13.7. The molecule has 0 spiro atoms. The highest BCUT2D eigenvalue weighted by atomic mass is 16.5. The number of methoxy groups -OCH3 is 4. The molecular formula is C32H43N3O8. The van der Waals surface area contributed by atoms with Gasteiger partial charge in [0.2, 0.25) is 23.0 Å². The van der Waals surface area contributed by atoms with Crippen LogP contribution in [-0.4, -0.2) is 58.3 Å². The number of fused-ring (bicyclic) bond motifs is 3.